The fourth-order valence-electron chi connectivity index (χ4n) is 1.69. The lowest BCUT2D eigenvalue weighted by Crippen LogP contribution is -2.30. The maximum atomic E-state index is 12.1. The number of benzene rings is 1. The molecule has 2 N–H and O–H groups in total. The van der Waals surface area contributed by atoms with Gasteiger partial charge in [-0.3, -0.25) is 9.48 Å². The quantitative estimate of drug-likeness (QED) is 0.888. The zero-order valence-electron chi connectivity index (χ0n) is 10.5. The molecule has 0 saturated heterocycles. The molecular weight excluding hydrogens is 228 g/mol. The molecule has 0 radical (unpaired) electrons. The van der Waals surface area contributed by atoms with E-state index in [2.05, 4.69) is 5.10 Å². The third kappa shape index (κ3) is 2.68. The molecule has 1 heterocycles. The van der Waals surface area contributed by atoms with Gasteiger partial charge < -0.3 is 10.6 Å². The number of anilines is 2. The molecule has 0 unspecified atom stereocenters. The first kappa shape index (κ1) is 12.2. The minimum absolute atomic E-state index is 0.0382. The van der Waals surface area contributed by atoms with Gasteiger partial charge in [0.05, 0.1) is 11.9 Å². The number of aromatic nitrogens is 2. The third-order valence-electron chi connectivity index (χ3n) is 2.71. The molecule has 5 nitrogen and oxygen atoms in total. The molecule has 2 aromatic rings. The van der Waals surface area contributed by atoms with E-state index in [0.717, 1.165) is 11.3 Å². The molecule has 5 heteroatoms. The minimum Gasteiger partial charge on any atom is -0.396 e. The molecule has 0 spiro atoms. The van der Waals surface area contributed by atoms with Gasteiger partial charge in [-0.1, -0.05) is 12.1 Å². The maximum Gasteiger partial charge on any atom is 0.248 e. The Morgan fingerprint density at radius 3 is 2.89 bits per heavy atom. The Balaban J connectivity index is 2.09. The molecule has 1 amide bonds. The maximum absolute atomic E-state index is 12.1. The van der Waals surface area contributed by atoms with Gasteiger partial charge in [0.1, 0.15) is 6.54 Å². The van der Waals surface area contributed by atoms with Crippen LogP contribution >= 0.6 is 0 Å². The number of rotatable bonds is 3. The molecule has 0 aliphatic rings. The Bertz CT molecular complexity index is 562. The van der Waals surface area contributed by atoms with Crippen molar-refractivity contribution < 1.29 is 4.79 Å². The van der Waals surface area contributed by atoms with Crippen LogP contribution in [-0.4, -0.2) is 22.7 Å². The highest BCUT2D eigenvalue weighted by atomic mass is 16.2. The summed E-state index contributed by atoms with van der Waals surface area (Å²) in [5.74, 6) is -0.0382. The number of carbonyl (C=O) groups excluding carboxylic acids is 1. The van der Waals surface area contributed by atoms with Crippen molar-refractivity contribution in [2.75, 3.05) is 17.7 Å². The summed E-state index contributed by atoms with van der Waals surface area (Å²) in [7, 11) is 1.75. The molecule has 94 valence electrons. The van der Waals surface area contributed by atoms with Gasteiger partial charge in [0.25, 0.3) is 0 Å². The average Bonchev–Trinajstić information content (AvgIpc) is 2.73. The second-order valence-corrected chi connectivity index (χ2v) is 4.26. The molecule has 0 atom stereocenters. The van der Waals surface area contributed by atoms with Crippen LogP contribution < -0.4 is 10.6 Å². The fraction of sp³-hybridized carbons (Fsp3) is 0.231. The first-order chi connectivity index (χ1) is 8.56. The average molecular weight is 244 g/mol. The second kappa shape index (κ2) is 4.91. The molecule has 2 rings (SSSR count). The molecule has 0 saturated carbocycles. The summed E-state index contributed by atoms with van der Waals surface area (Å²) >= 11 is 0. The summed E-state index contributed by atoms with van der Waals surface area (Å²) in [6.45, 7) is 2.18. The zero-order chi connectivity index (χ0) is 13.1. The largest absolute Gasteiger partial charge is 0.396 e. The number of nitrogens with two attached hydrogens (primary N) is 1. The van der Waals surface area contributed by atoms with E-state index in [4.69, 9.17) is 5.73 Å². The summed E-state index contributed by atoms with van der Waals surface area (Å²) < 4.78 is 1.53. The van der Waals surface area contributed by atoms with E-state index in [-0.39, 0.29) is 12.5 Å². The number of nitrogen functional groups attached to an aromatic ring is 1. The number of likely N-dealkylation sites (N-methyl/N-ethyl adjacent to an activating group) is 1. The molecular formula is C13H16N4O. The Kier molecular flexibility index (Phi) is 3.32. The highest BCUT2D eigenvalue weighted by Crippen LogP contribution is 2.14. The SMILES string of the molecule is Cc1cccc(N(C)C(=O)Cn2cc(N)cn2)c1. The van der Waals surface area contributed by atoms with Crippen LogP contribution in [0.5, 0.6) is 0 Å². The monoisotopic (exact) mass is 244 g/mol. The van der Waals surface area contributed by atoms with E-state index in [0.29, 0.717) is 5.69 Å². The van der Waals surface area contributed by atoms with Crippen molar-refractivity contribution in [3.63, 3.8) is 0 Å². The van der Waals surface area contributed by atoms with Crippen LogP contribution in [0.15, 0.2) is 36.7 Å². The summed E-state index contributed by atoms with van der Waals surface area (Å²) in [6, 6.07) is 7.80. The first-order valence-electron chi connectivity index (χ1n) is 5.67. The Morgan fingerprint density at radius 1 is 1.50 bits per heavy atom. The van der Waals surface area contributed by atoms with Gasteiger partial charge in [-0.15, -0.1) is 0 Å². The summed E-state index contributed by atoms with van der Waals surface area (Å²) in [5.41, 5.74) is 8.11. The van der Waals surface area contributed by atoms with Gasteiger partial charge in [0.2, 0.25) is 5.91 Å². The highest BCUT2D eigenvalue weighted by Gasteiger charge is 2.12. The predicted octanol–water partition coefficient (Wildman–Crippen LogP) is 1.44. The smallest absolute Gasteiger partial charge is 0.248 e. The molecule has 0 aliphatic carbocycles. The van der Waals surface area contributed by atoms with Crippen molar-refractivity contribution in [1.29, 1.82) is 0 Å². The number of carbonyl (C=O) groups is 1. The molecule has 1 aromatic carbocycles. The van der Waals surface area contributed by atoms with Crippen molar-refractivity contribution in [3.05, 3.63) is 42.2 Å². The Labute approximate surface area is 106 Å². The van der Waals surface area contributed by atoms with E-state index in [9.17, 15) is 4.79 Å². The standard InChI is InChI=1S/C13H16N4O/c1-10-4-3-5-12(6-10)16(2)13(18)9-17-8-11(14)7-15-17/h3-8H,9,14H2,1-2H3. The fourth-order valence-corrected chi connectivity index (χ4v) is 1.69. The van der Waals surface area contributed by atoms with Crippen LogP contribution in [-0.2, 0) is 11.3 Å². The lowest BCUT2D eigenvalue weighted by atomic mass is 10.2. The van der Waals surface area contributed by atoms with Crippen LogP contribution in [0.25, 0.3) is 0 Å². The van der Waals surface area contributed by atoms with Gasteiger partial charge >= 0.3 is 0 Å². The van der Waals surface area contributed by atoms with Crippen molar-refractivity contribution in [3.8, 4) is 0 Å². The van der Waals surface area contributed by atoms with Crippen molar-refractivity contribution in [2.45, 2.75) is 13.5 Å². The topological polar surface area (TPSA) is 64.2 Å². The van der Waals surface area contributed by atoms with Gasteiger partial charge in [-0.2, -0.15) is 5.10 Å². The van der Waals surface area contributed by atoms with Crippen LogP contribution in [0, 0.1) is 6.92 Å². The molecule has 0 bridgehead atoms. The van der Waals surface area contributed by atoms with Crippen LogP contribution in [0.1, 0.15) is 5.56 Å². The lowest BCUT2D eigenvalue weighted by Gasteiger charge is -2.17. The number of hydrogen-bond acceptors (Lipinski definition) is 3. The number of hydrogen-bond donors (Lipinski definition) is 1. The van der Waals surface area contributed by atoms with Gasteiger partial charge in [-0.05, 0) is 24.6 Å². The minimum atomic E-state index is -0.0382. The van der Waals surface area contributed by atoms with E-state index >= 15 is 0 Å². The van der Waals surface area contributed by atoms with Crippen LogP contribution in [0.4, 0.5) is 11.4 Å². The third-order valence-corrected chi connectivity index (χ3v) is 2.71. The summed E-state index contributed by atoms with van der Waals surface area (Å²) in [4.78, 5) is 13.7. The number of nitrogens with zero attached hydrogens (tertiary/aromatic N) is 3. The molecule has 18 heavy (non-hydrogen) atoms. The van der Waals surface area contributed by atoms with Gasteiger partial charge in [-0.25, -0.2) is 0 Å². The normalized spacial score (nSPS) is 10.3. The van der Waals surface area contributed by atoms with Crippen LogP contribution in [0.2, 0.25) is 0 Å². The van der Waals surface area contributed by atoms with E-state index in [1.807, 2.05) is 31.2 Å². The predicted molar refractivity (Wildman–Crippen MR) is 71.2 cm³/mol. The van der Waals surface area contributed by atoms with Crippen molar-refractivity contribution >= 4 is 17.3 Å². The molecule has 0 aliphatic heterocycles. The van der Waals surface area contributed by atoms with E-state index < -0.39 is 0 Å². The number of aryl methyl sites for hydroxylation is 1. The van der Waals surface area contributed by atoms with Crippen LogP contribution in [0.3, 0.4) is 0 Å². The van der Waals surface area contributed by atoms with Gasteiger partial charge in [0, 0.05) is 18.9 Å². The van der Waals surface area contributed by atoms with E-state index in [1.165, 1.54) is 10.9 Å². The highest BCUT2D eigenvalue weighted by molar-refractivity contribution is 5.92. The van der Waals surface area contributed by atoms with Crippen molar-refractivity contribution in [1.82, 2.24) is 9.78 Å². The molecule has 0 fully saturated rings. The Hall–Kier alpha value is -2.30. The summed E-state index contributed by atoms with van der Waals surface area (Å²) in [6.07, 6.45) is 3.17. The van der Waals surface area contributed by atoms with Gasteiger partial charge in [0.15, 0.2) is 0 Å². The van der Waals surface area contributed by atoms with Crippen molar-refractivity contribution in [2.24, 2.45) is 0 Å². The lowest BCUT2D eigenvalue weighted by molar-refractivity contribution is -0.119. The molecule has 1 aromatic heterocycles. The number of amides is 1. The summed E-state index contributed by atoms with van der Waals surface area (Å²) in [5, 5.41) is 3.99. The second-order valence-electron chi connectivity index (χ2n) is 4.26. The van der Waals surface area contributed by atoms with E-state index in [1.54, 1.807) is 18.1 Å². The zero-order valence-corrected chi connectivity index (χ0v) is 10.5. The Morgan fingerprint density at radius 2 is 2.28 bits per heavy atom. The first-order valence-corrected chi connectivity index (χ1v) is 5.67.